The minimum Gasteiger partial charge on any atom is -0.383 e. The van der Waals surface area contributed by atoms with Crippen molar-refractivity contribution in [2.24, 2.45) is 0 Å². The first kappa shape index (κ1) is 13.6. The lowest BCUT2D eigenvalue weighted by molar-refractivity contribution is -0.139. The Bertz CT molecular complexity index is 614. The highest BCUT2D eigenvalue weighted by atomic mass is 32.1. The van der Waals surface area contributed by atoms with Crippen molar-refractivity contribution in [1.29, 1.82) is 0 Å². The molecule has 1 aliphatic carbocycles. The second kappa shape index (κ2) is 4.86. The summed E-state index contributed by atoms with van der Waals surface area (Å²) in [4.78, 5) is 5.45. The van der Waals surface area contributed by atoms with Crippen LogP contribution in [0.1, 0.15) is 39.0 Å². The van der Waals surface area contributed by atoms with Crippen LogP contribution < -0.4 is 0 Å². The molecule has 0 saturated heterocycles. The van der Waals surface area contributed by atoms with Gasteiger partial charge in [-0.15, -0.1) is 11.3 Å². The highest BCUT2D eigenvalue weighted by molar-refractivity contribution is 7.12. The first-order valence-corrected chi connectivity index (χ1v) is 7.09. The van der Waals surface area contributed by atoms with Crippen molar-refractivity contribution in [2.45, 2.75) is 31.5 Å². The SMILES string of the molecule is OC(c1cc2c(s1)CCC2)c1cnccc1C(F)(F)F. The van der Waals surface area contributed by atoms with Crippen molar-refractivity contribution in [3.63, 3.8) is 0 Å². The number of fused-ring (bicyclic) bond motifs is 1. The minimum atomic E-state index is -4.49. The summed E-state index contributed by atoms with van der Waals surface area (Å²) in [5.74, 6) is 0. The predicted molar refractivity (Wildman–Crippen MR) is 69.6 cm³/mol. The molecular formula is C14H12F3NOS. The van der Waals surface area contributed by atoms with E-state index in [4.69, 9.17) is 0 Å². The van der Waals surface area contributed by atoms with Crippen molar-refractivity contribution in [1.82, 2.24) is 4.98 Å². The van der Waals surface area contributed by atoms with Crippen LogP contribution in [-0.2, 0) is 19.0 Å². The largest absolute Gasteiger partial charge is 0.416 e. The van der Waals surface area contributed by atoms with Gasteiger partial charge in [-0.2, -0.15) is 13.2 Å². The normalized spacial score (nSPS) is 16.2. The van der Waals surface area contributed by atoms with Gasteiger partial charge in [0.2, 0.25) is 0 Å². The van der Waals surface area contributed by atoms with E-state index in [0.717, 1.165) is 43.3 Å². The van der Waals surface area contributed by atoms with Crippen LogP contribution in [0.4, 0.5) is 13.2 Å². The molecule has 2 nitrogen and oxygen atoms in total. The number of thiophene rings is 1. The molecule has 1 aliphatic rings. The Labute approximate surface area is 117 Å². The number of aromatic nitrogens is 1. The van der Waals surface area contributed by atoms with Crippen LogP contribution in [0.15, 0.2) is 24.5 Å². The minimum absolute atomic E-state index is 0.181. The monoisotopic (exact) mass is 299 g/mol. The maximum Gasteiger partial charge on any atom is 0.416 e. The molecule has 0 amide bonds. The van der Waals surface area contributed by atoms with Gasteiger partial charge in [0.05, 0.1) is 5.56 Å². The number of hydrogen-bond acceptors (Lipinski definition) is 3. The van der Waals surface area contributed by atoms with E-state index in [2.05, 4.69) is 4.98 Å². The molecule has 1 unspecified atom stereocenters. The third-order valence-corrected chi connectivity index (χ3v) is 4.78. The Morgan fingerprint density at radius 1 is 1.30 bits per heavy atom. The lowest BCUT2D eigenvalue weighted by Crippen LogP contribution is -2.12. The summed E-state index contributed by atoms with van der Waals surface area (Å²) in [6, 6.07) is 2.73. The van der Waals surface area contributed by atoms with Crippen LogP contribution in [0.3, 0.4) is 0 Å². The van der Waals surface area contributed by atoms with Gasteiger partial charge in [0.15, 0.2) is 0 Å². The second-order valence-electron chi connectivity index (χ2n) is 4.81. The summed E-state index contributed by atoms with van der Waals surface area (Å²) in [7, 11) is 0. The number of aliphatic hydroxyl groups is 1. The standard InChI is InChI=1S/C14H12F3NOS/c15-14(16,17)10-4-5-18-7-9(10)13(19)12-6-8-2-1-3-11(8)20-12/h4-7,13,19H,1-3H2. The smallest absolute Gasteiger partial charge is 0.383 e. The summed E-state index contributed by atoms with van der Waals surface area (Å²) in [5.41, 5.74) is 0.148. The van der Waals surface area contributed by atoms with Gasteiger partial charge in [-0.05, 0) is 37.0 Å². The van der Waals surface area contributed by atoms with Crippen LogP contribution in [-0.4, -0.2) is 10.1 Å². The molecule has 106 valence electrons. The summed E-state index contributed by atoms with van der Waals surface area (Å²) >= 11 is 1.40. The van der Waals surface area contributed by atoms with E-state index in [1.54, 1.807) is 0 Å². The van der Waals surface area contributed by atoms with E-state index < -0.39 is 17.8 Å². The first-order valence-electron chi connectivity index (χ1n) is 6.27. The maximum absolute atomic E-state index is 13.0. The molecule has 2 aromatic heterocycles. The number of aryl methyl sites for hydroxylation is 2. The molecule has 0 radical (unpaired) electrons. The van der Waals surface area contributed by atoms with E-state index in [0.29, 0.717) is 4.88 Å². The average Bonchev–Trinajstić information content (AvgIpc) is 2.97. The molecule has 0 saturated carbocycles. The molecule has 2 heterocycles. The zero-order valence-corrected chi connectivity index (χ0v) is 11.3. The molecule has 0 aromatic carbocycles. The molecule has 1 atom stereocenters. The maximum atomic E-state index is 13.0. The Kier molecular flexibility index (Phi) is 3.30. The molecular weight excluding hydrogens is 287 g/mol. The number of aliphatic hydroxyl groups excluding tert-OH is 1. The molecule has 3 rings (SSSR count). The zero-order valence-electron chi connectivity index (χ0n) is 10.4. The summed E-state index contributed by atoms with van der Waals surface area (Å²) < 4.78 is 38.9. The van der Waals surface area contributed by atoms with Gasteiger partial charge in [-0.25, -0.2) is 0 Å². The average molecular weight is 299 g/mol. The van der Waals surface area contributed by atoms with Gasteiger partial charge in [-0.3, -0.25) is 4.98 Å². The summed E-state index contributed by atoms with van der Waals surface area (Å²) in [6.45, 7) is 0. The number of pyridine rings is 1. The highest BCUT2D eigenvalue weighted by Gasteiger charge is 2.35. The number of halogens is 3. The van der Waals surface area contributed by atoms with Crippen LogP contribution in [0.2, 0.25) is 0 Å². The zero-order chi connectivity index (χ0) is 14.3. The van der Waals surface area contributed by atoms with Gasteiger partial charge in [0.1, 0.15) is 6.10 Å². The van der Waals surface area contributed by atoms with Crippen LogP contribution in [0.5, 0.6) is 0 Å². The Balaban J connectivity index is 2.00. The summed E-state index contributed by atoms with van der Waals surface area (Å²) in [6.07, 6.45) is -0.594. The van der Waals surface area contributed by atoms with Crippen LogP contribution in [0, 0.1) is 0 Å². The fourth-order valence-corrected chi connectivity index (χ4v) is 3.79. The fraction of sp³-hybridized carbons (Fsp3) is 0.357. The number of hydrogen-bond donors (Lipinski definition) is 1. The van der Waals surface area contributed by atoms with Crippen molar-refractivity contribution >= 4 is 11.3 Å². The van der Waals surface area contributed by atoms with Crippen molar-refractivity contribution in [2.75, 3.05) is 0 Å². The molecule has 0 bridgehead atoms. The van der Waals surface area contributed by atoms with Crippen molar-refractivity contribution < 1.29 is 18.3 Å². The van der Waals surface area contributed by atoms with E-state index >= 15 is 0 Å². The topological polar surface area (TPSA) is 33.1 Å². The quantitative estimate of drug-likeness (QED) is 0.916. The fourth-order valence-electron chi connectivity index (χ4n) is 2.52. The number of rotatable bonds is 2. The molecule has 2 aromatic rings. The van der Waals surface area contributed by atoms with Crippen LogP contribution in [0.25, 0.3) is 0 Å². The van der Waals surface area contributed by atoms with E-state index in [-0.39, 0.29) is 5.56 Å². The summed E-state index contributed by atoms with van der Waals surface area (Å²) in [5, 5.41) is 10.3. The van der Waals surface area contributed by atoms with Crippen molar-refractivity contribution in [3.05, 3.63) is 51.0 Å². The van der Waals surface area contributed by atoms with Crippen LogP contribution >= 0.6 is 11.3 Å². The van der Waals surface area contributed by atoms with Gasteiger partial charge in [0, 0.05) is 27.7 Å². The van der Waals surface area contributed by atoms with Gasteiger partial charge in [-0.1, -0.05) is 0 Å². The molecule has 6 heteroatoms. The lowest BCUT2D eigenvalue weighted by atomic mass is 10.0. The van der Waals surface area contributed by atoms with Gasteiger partial charge >= 0.3 is 6.18 Å². The molecule has 0 aliphatic heterocycles. The highest BCUT2D eigenvalue weighted by Crippen LogP contribution is 2.40. The molecule has 0 spiro atoms. The van der Waals surface area contributed by atoms with Gasteiger partial charge in [0.25, 0.3) is 0 Å². The van der Waals surface area contributed by atoms with Crippen molar-refractivity contribution in [3.8, 4) is 0 Å². The first-order chi connectivity index (χ1) is 9.47. The molecule has 1 N–H and O–H groups in total. The van der Waals surface area contributed by atoms with E-state index in [9.17, 15) is 18.3 Å². The molecule has 0 fully saturated rings. The number of nitrogens with zero attached hydrogens (tertiary/aromatic N) is 1. The van der Waals surface area contributed by atoms with E-state index in [1.807, 2.05) is 6.07 Å². The predicted octanol–water partition coefficient (Wildman–Crippen LogP) is 3.73. The third-order valence-electron chi connectivity index (χ3n) is 3.49. The second-order valence-corrected chi connectivity index (χ2v) is 5.98. The number of alkyl halides is 3. The Hall–Kier alpha value is -1.40. The Morgan fingerprint density at radius 3 is 2.80 bits per heavy atom. The third kappa shape index (κ3) is 2.33. The lowest BCUT2D eigenvalue weighted by Gasteiger charge is -2.15. The van der Waals surface area contributed by atoms with Gasteiger partial charge < -0.3 is 5.11 Å². The molecule has 20 heavy (non-hydrogen) atoms. The van der Waals surface area contributed by atoms with E-state index in [1.165, 1.54) is 16.2 Å². The Morgan fingerprint density at radius 2 is 2.10 bits per heavy atom.